The summed E-state index contributed by atoms with van der Waals surface area (Å²) in [6.07, 6.45) is -0.932. The number of primary amides is 1. The van der Waals surface area contributed by atoms with E-state index in [0.29, 0.717) is 11.1 Å². The number of aliphatic carboxylic acids is 1. The highest BCUT2D eigenvalue weighted by Crippen LogP contribution is 2.12. The number of aliphatic hydroxyl groups is 1. The van der Waals surface area contributed by atoms with Gasteiger partial charge in [-0.3, -0.25) is 38.4 Å². The van der Waals surface area contributed by atoms with E-state index >= 15 is 0 Å². The molecule has 0 aliphatic heterocycles. The topological polar surface area (TPSA) is 321 Å². The zero-order valence-corrected chi connectivity index (χ0v) is 32.5. The van der Waals surface area contributed by atoms with E-state index in [1.807, 2.05) is 0 Å². The Balaban J connectivity index is 2.25. The Morgan fingerprint density at radius 2 is 1.05 bits per heavy atom. The van der Waals surface area contributed by atoms with E-state index in [1.165, 1.54) is 19.1 Å². The number of carbonyl (C=O) groups is 8. The second-order valence-electron chi connectivity index (χ2n) is 14.2. The van der Waals surface area contributed by atoms with Crippen molar-refractivity contribution in [2.45, 2.75) is 96.2 Å². The van der Waals surface area contributed by atoms with Gasteiger partial charge in [0.15, 0.2) is 0 Å². The van der Waals surface area contributed by atoms with Crippen molar-refractivity contribution in [1.29, 1.82) is 0 Å². The van der Waals surface area contributed by atoms with E-state index < -0.39 is 114 Å². The maximum Gasteiger partial charge on any atom is 0.305 e. The summed E-state index contributed by atoms with van der Waals surface area (Å²) in [5.41, 5.74) is 12.5. The van der Waals surface area contributed by atoms with Crippen molar-refractivity contribution in [2.24, 2.45) is 23.3 Å². The number of carboxylic acids is 1. The number of phenolic OH excluding ortho intramolecular Hbond substituents is 1. The van der Waals surface area contributed by atoms with Crippen molar-refractivity contribution in [3.05, 3.63) is 65.7 Å². The minimum Gasteiger partial charge on any atom is -0.508 e. The number of hydrogen-bond donors (Lipinski definition) is 11. The Morgan fingerprint density at radius 1 is 0.579 bits per heavy atom. The Labute approximate surface area is 330 Å². The lowest BCUT2D eigenvalue weighted by molar-refractivity contribution is -0.141. The van der Waals surface area contributed by atoms with Crippen LogP contribution in [0.5, 0.6) is 5.75 Å². The number of carboxylic acid groups (broad SMARTS) is 1. The molecule has 2 aromatic carbocycles. The quantitative estimate of drug-likeness (QED) is 0.0599. The molecule has 0 aromatic heterocycles. The van der Waals surface area contributed by atoms with Gasteiger partial charge >= 0.3 is 5.97 Å². The van der Waals surface area contributed by atoms with Crippen LogP contribution < -0.4 is 43.4 Å². The molecule has 0 aliphatic rings. The first-order valence-electron chi connectivity index (χ1n) is 18.3. The molecule has 0 radical (unpaired) electrons. The maximum atomic E-state index is 13.8. The first kappa shape index (κ1) is 47.1. The third-order valence-electron chi connectivity index (χ3n) is 8.74. The average Bonchev–Trinajstić information content (AvgIpc) is 3.14. The summed E-state index contributed by atoms with van der Waals surface area (Å²) in [5.74, 6) is -8.78. The molecule has 19 nitrogen and oxygen atoms in total. The van der Waals surface area contributed by atoms with Crippen molar-refractivity contribution in [2.75, 3.05) is 6.61 Å². The smallest absolute Gasteiger partial charge is 0.305 e. The van der Waals surface area contributed by atoms with E-state index in [-0.39, 0.29) is 18.6 Å². The van der Waals surface area contributed by atoms with E-state index in [4.69, 9.17) is 11.5 Å². The van der Waals surface area contributed by atoms with Gasteiger partial charge < -0.3 is 58.7 Å². The van der Waals surface area contributed by atoms with Gasteiger partial charge in [0.05, 0.1) is 19.1 Å². The number of aliphatic hydroxyl groups excluding tert-OH is 1. The van der Waals surface area contributed by atoms with Crippen LogP contribution in [0.1, 0.15) is 52.2 Å². The number of amides is 7. The number of rotatable bonds is 22. The average molecular weight is 799 g/mol. The van der Waals surface area contributed by atoms with Crippen molar-refractivity contribution < 1.29 is 53.7 Å². The summed E-state index contributed by atoms with van der Waals surface area (Å²) in [5, 5.41) is 43.2. The molecule has 7 atom stereocenters. The lowest BCUT2D eigenvalue weighted by Crippen LogP contribution is -2.61. The molecule has 0 fully saturated rings. The van der Waals surface area contributed by atoms with Crippen LogP contribution in [0.15, 0.2) is 54.6 Å². The molecule has 0 bridgehead atoms. The minimum absolute atomic E-state index is 0.0369. The van der Waals surface area contributed by atoms with Crippen LogP contribution in [-0.2, 0) is 51.2 Å². The first-order chi connectivity index (χ1) is 26.7. The predicted molar refractivity (Wildman–Crippen MR) is 205 cm³/mol. The maximum absolute atomic E-state index is 13.8. The highest BCUT2D eigenvalue weighted by molar-refractivity contribution is 5.98. The largest absolute Gasteiger partial charge is 0.508 e. The van der Waals surface area contributed by atoms with Crippen LogP contribution in [-0.4, -0.2) is 112 Å². The molecule has 13 N–H and O–H groups in total. The van der Waals surface area contributed by atoms with E-state index in [1.54, 1.807) is 70.2 Å². The van der Waals surface area contributed by atoms with Gasteiger partial charge in [0.2, 0.25) is 41.4 Å². The number of nitrogens with two attached hydrogens (primary N) is 2. The second-order valence-corrected chi connectivity index (χ2v) is 14.2. The number of nitrogens with one attached hydrogen (secondary N) is 6. The summed E-state index contributed by atoms with van der Waals surface area (Å²) in [6, 6.07) is 5.12. The number of carbonyl (C=O) groups excluding carboxylic acids is 7. The molecule has 19 heteroatoms. The molecule has 2 aromatic rings. The predicted octanol–water partition coefficient (Wildman–Crippen LogP) is -2.30. The van der Waals surface area contributed by atoms with Crippen LogP contribution >= 0.6 is 0 Å². The number of hydrogen-bond acceptors (Lipinski definition) is 11. The summed E-state index contributed by atoms with van der Waals surface area (Å²) >= 11 is 0. The third kappa shape index (κ3) is 15.5. The highest BCUT2D eigenvalue weighted by atomic mass is 16.4. The van der Waals surface area contributed by atoms with Gasteiger partial charge in [0.25, 0.3) is 0 Å². The highest BCUT2D eigenvalue weighted by Gasteiger charge is 2.35. The fourth-order valence-corrected chi connectivity index (χ4v) is 5.41. The van der Waals surface area contributed by atoms with Crippen molar-refractivity contribution in [3.63, 3.8) is 0 Å². The molecule has 0 heterocycles. The monoisotopic (exact) mass is 798 g/mol. The Morgan fingerprint density at radius 3 is 1.56 bits per heavy atom. The Kier molecular flexibility index (Phi) is 18.6. The van der Waals surface area contributed by atoms with Gasteiger partial charge in [-0.1, -0.05) is 70.2 Å². The first-order valence-corrected chi connectivity index (χ1v) is 18.3. The van der Waals surface area contributed by atoms with Crippen molar-refractivity contribution >= 4 is 47.3 Å². The number of aromatic hydroxyl groups is 1. The fraction of sp³-hybridized carbons (Fsp3) is 0.474. The van der Waals surface area contributed by atoms with Crippen LogP contribution in [0.3, 0.4) is 0 Å². The molecular weight excluding hydrogens is 744 g/mol. The lowest BCUT2D eigenvalue weighted by Gasteiger charge is -2.29. The zero-order chi connectivity index (χ0) is 43.0. The Bertz CT molecular complexity index is 1720. The van der Waals surface area contributed by atoms with Crippen LogP contribution in [0, 0.1) is 11.8 Å². The third-order valence-corrected chi connectivity index (χ3v) is 8.74. The minimum atomic E-state index is -1.75. The Hall–Kier alpha value is -6.08. The van der Waals surface area contributed by atoms with Crippen molar-refractivity contribution in [3.8, 4) is 5.75 Å². The van der Waals surface area contributed by atoms with Gasteiger partial charge in [0, 0.05) is 6.42 Å². The molecule has 0 aliphatic carbocycles. The van der Waals surface area contributed by atoms with Crippen LogP contribution in [0.4, 0.5) is 0 Å². The number of phenols is 1. The molecule has 0 spiro atoms. The van der Waals surface area contributed by atoms with Crippen LogP contribution in [0.2, 0.25) is 0 Å². The molecule has 0 saturated carbocycles. The normalized spacial score (nSPS) is 14.8. The lowest BCUT2D eigenvalue weighted by atomic mass is 9.98. The molecule has 2 rings (SSSR count). The molecule has 0 unspecified atom stereocenters. The molecule has 312 valence electrons. The fourth-order valence-electron chi connectivity index (χ4n) is 5.41. The van der Waals surface area contributed by atoms with Gasteiger partial charge in [-0.2, -0.15) is 0 Å². The van der Waals surface area contributed by atoms with Gasteiger partial charge in [0.1, 0.15) is 42.0 Å². The standard InChI is InChI=1S/C38H54N8O11/c1-19(2)30(37(56)44-28(18-47)32(40)51)46-38(57)31(20(3)4)45-36(55)27(17-29(49)50)43-35(54)26(16-22-9-7-6-8-10-22)42-33(52)21(5)41-34(53)25(39)15-23-11-13-24(48)14-12-23/h6-14,19-21,25-28,30-31,47-48H,15-18,39H2,1-5H3,(H2,40,51)(H,41,53)(H,42,52)(H,43,54)(H,44,56)(H,45,55)(H,46,57)(H,49,50)/t21-,25+,26+,27+,28+,30+,31+/m1/s1. The number of benzene rings is 2. The van der Waals surface area contributed by atoms with Gasteiger partial charge in [-0.25, -0.2) is 0 Å². The van der Waals surface area contributed by atoms with Gasteiger partial charge in [-0.15, -0.1) is 0 Å². The zero-order valence-electron chi connectivity index (χ0n) is 32.5. The summed E-state index contributed by atoms with van der Waals surface area (Å²) < 4.78 is 0. The summed E-state index contributed by atoms with van der Waals surface area (Å²) in [4.78, 5) is 103. The summed E-state index contributed by atoms with van der Waals surface area (Å²) in [6.45, 7) is 6.91. The summed E-state index contributed by atoms with van der Waals surface area (Å²) in [7, 11) is 0. The molecule has 7 amide bonds. The second kappa shape index (κ2) is 22.5. The van der Waals surface area contributed by atoms with E-state index in [0.717, 1.165) is 0 Å². The van der Waals surface area contributed by atoms with Crippen LogP contribution in [0.25, 0.3) is 0 Å². The van der Waals surface area contributed by atoms with E-state index in [2.05, 4.69) is 31.9 Å². The molecule has 0 saturated heterocycles. The van der Waals surface area contributed by atoms with E-state index in [9.17, 15) is 53.7 Å². The molecular formula is C38H54N8O11. The SMILES string of the molecule is CC(C)[C@H](NC(=O)[C@H](CC(=O)O)NC(=O)[C@H](Cc1ccccc1)NC(=O)[C@@H](C)NC(=O)[C@@H](N)Cc1ccc(O)cc1)C(=O)N[C@H](C(=O)N[C@@H](CO)C(N)=O)C(C)C. The van der Waals surface area contributed by atoms with Crippen molar-refractivity contribution in [1.82, 2.24) is 31.9 Å². The molecule has 57 heavy (non-hydrogen) atoms. The van der Waals surface area contributed by atoms with Gasteiger partial charge in [-0.05, 0) is 48.4 Å².